The van der Waals surface area contributed by atoms with Crippen LogP contribution in [0, 0.1) is 25.0 Å². The summed E-state index contributed by atoms with van der Waals surface area (Å²) in [6.07, 6.45) is 1.81. The summed E-state index contributed by atoms with van der Waals surface area (Å²) >= 11 is 1.96. The number of nitro benzene ring substituents is 1. The quantitative estimate of drug-likeness (QED) is 0.499. The number of hydrogen-bond donors (Lipinski definition) is 1. The molecule has 0 spiro atoms. The second kappa shape index (κ2) is 6.16. The Morgan fingerprint density at radius 1 is 1.58 bits per heavy atom. The van der Waals surface area contributed by atoms with Crippen molar-refractivity contribution in [2.75, 3.05) is 13.1 Å². The van der Waals surface area contributed by atoms with Gasteiger partial charge in [-0.25, -0.2) is 0 Å². The first-order chi connectivity index (χ1) is 9.11. The fourth-order valence-corrected chi connectivity index (χ4v) is 2.72. The third-order valence-corrected chi connectivity index (χ3v) is 3.69. The minimum Gasteiger partial charge on any atom is -0.481 e. The number of halogens is 1. The van der Waals surface area contributed by atoms with E-state index in [0.717, 1.165) is 19.4 Å². The molecule has 0 radical (unpaired) electrons. The minimum absolute atomic E-state index is 0.0612. The van der Waals surface area contributed by atoms with E-state index in [1.807, 2.05) is 28.7 Å². The molecule has 0 bridgehead atoms. The molecule has 1 aliphatic heterocycles. The maximum absolute atomic E-state index is 11.1. The Bertz CT molecular complexity index is 536. The summed E-state index contributed by atoms with van der Waals surface area (Å²) in [5.41, 5.74) is 0.124. The zero-order chi connectivity index (χ0) is 13.8. The lowest BCUT2D eigenvalue weighted by Crippen LogP contribution is -2.37. The number of piperidine rings is 1. The molecule has 1 N–H and O–H groups in total. The van der Waals surface area contributed by atoms with Crippen molar-refractivity contribution in [1.29, 1.82) is 5.26 Å². The Morgan fingerprint density at radius 3 is 2.95 bits per heavy atom. The molecule has 1 fully saturated rings. The first kappa shape index (κ1) is 14.0. The van der Waals surface area contributed by atoms with E-state index in [9.17, 15) is 10.1 Å². The molecule has 100 valence electrons. The van der Waals surface area contributed by atoms with Gasteiger partial charge in [0.05, 0.1) is 20.1 Å². The summed E-state index contributed by atoms with van der Waals surface area (Å²) in [7, 11) is 0. The van der Waals surface area contributed by atoms with Crippen LogP contribution >= 0.6 is 22.6 Å². The molecule has 1 unspecified atom stereocenters. The van der Waals surface area contributed by atoms with Crippen LogP contribution in [0.25, 0.3) is 0 Å². The van der Waals surface area contributed by atoms with Crippen LogP contribution in [0.15, 0.2) is 12.1 Å². The molecule has 1 aliphatic rings. The SMILES string of the molecule is N#Cc1cc(I)c(OC2CCCNC2)c([N+](=O)[O-])c1. The molecule has 1 aromatic carbocycles. The van der Waals surface area contributed by atoms with Crippen LogP contribution in [0.2, 0.25) is 0 Å². The van der Waals surface area contributed by atoms with E-state index in [0.29, 0.717) is 10.1 Å². The van der Waals surface area contributed by atoms with Crippen molar-refractivity contribution in [1.82, 2.24) is 5.32 Å². The first-order valence-electron chi connectivity index (χ1n) is 5.87. The van der Waals surface area contributed by atoms with Crippen molar-refractivity contribution >= 4 is 28.3 Å². The predicted octanol–water partition coefficient (Wildman–Crippen LogP) is 2.20. The third kappa shape index (κ3) is 3.33. The molecule has 0 aromatic heterocycles. The molecular weight excluding hydrogens is 361 g/mol. The zero-order valence-electron chi connectivity index (χ0n) is 10.1. The Balaban J connectivity index is 2.32. The average Bonchev–Trinajstić information content (AvgIpc) is 2.41. The minimum atomic E-state index is -0.505. The maximum atomic E-state index is 11.1. The van der Waals surface area contributed by atoms with Crippen molar-refractivity contribution in [2.24, 2.45) is 0 Å². The van der Waals surface area contributed by atoms with Gasteiger partial charge in [0.2, 0.25) is 5.75 Å². The van der Waals surface area contributed by atoms with E-state index in [4.69, 9.17) is 10.00 Å². The van der Waals surface area contributed by atoms with Gasteiger partial charge in [-0.15, -0.1) is 0 Å². The summed E-state index contributed by atoms with van der Waals surface area (Å²) < 4.78 is 6.35. The maximum Gasteiger partial charge on any atom is 0.313 e. The van der Waals surface area contributed by atoms with Gasteiger partial charge in [0.1, 0.15) is 6.10 Å². The highest BCUT2D eigenvalue weighted by molar-refractivity contribution is 14.1. The van der Waals surface area contributed by atoms with Crippen LogP contribution in [-0.4, -0.2) is 24.1 Å². The Morgan fingerprint density at radius 2 is 2.37 bits per heavy atom. The smallest absolute Gasteiger partial charge is 0.313 e. The van der Waals surface area contributed by atoms with Gasteiger partial charge in [0, 0.05) is 12.6 Å². The van der Waals surface area contributed by atoms with Gasteiger partial charge in [0.25, 0.3) is 0 Å². The van der Waals surface area contributed by atoms with Gasteiger partial charge in [-0.1, -0.05) is 0 Å². The number of rotatable bonds is 3. The molecule has 1 heterocycles. The van der Waals surface area contributed by atoms with E-state index >= 15 is 0 Å². The summed E-state index contributed by atoms with van der Waals surface area (Å²) in [4.78, 5) is 10.6. The molecule has 1 saturated heterocycles. The van der Waals surface area contributed by atoms with Crippen molar-refractivity contribution in [2.45, 2.75) is 18.9 Å². The number of benzene rings is 1. The number of hydrogen-bond acceptors (Lipinski definition) is 5. The van der Waals surface area contributed by atoms with Gasteiger partial charge >= 0.3 is 5.69 Å². The van der Waals surface area contributed by atoms with Crippen LogP contribution < -0.4 is 10.1 Å². The number of nitrogens with zero attached hydrogens (tertiary/aromatic N) is 2. The van der Waals surface area contributed by atoms with Crippen molar-refractivity contribution in [3.63, 3.8) is 0 Å². The molecule has 19 heavy (non-hydrogen) atoms. The van der Waals surface area contributed by atoms with Crippen molar-refractivity contribution in [3.05, 3.63) is 31.4 Å². The van der Waals surface area contributed by atoms with E-state index in [-0.39, 0.29) is 23.1 Å². The van der Waals surface area contributed by atoms with Crippen LogP contribution in [-0.2, 0) is 0 Å². The third-order valence-electron chi connectivity index (χ3n) is 2.89. The lowest BCUT2D eigenvalue weighted by Gasteiger charge is -2.24. The lowest BCUT2D eigenvalue weighted by molar-refractivity contribution is -0.386. The zero-order valence-corrected chi connectivity index (χ0v) is 12.2. The molecule has 1 aromatic rings. The second-order valence-corrected chi connectivity index (χ2v) is 5.42. The van der Waals surface area contributed by atoms with Crippen molar-refractivity contribution < 1.29 is 9.66 Å². The summed E-state index contributed by atoms with van der Waals surface area (Å²) in [6.45, 7) is 1.64. The van der Waals surface area contributed by atoms with Crippen LogP contribution in [0.1, 0.15) is 18.4 Å². The number of ether oxygens (including phenoxy) is 1. The lowest BCUT2D eigenvalue weighted by atomic mass is 10.1. The molecule has 0 amide bonds. The normalized spacial score (nSPS) is 18.6. The van der Waals surface area contributed by atoms with Crippen LogP contribution in [0.3, 0.4) is 0 Å². The Kier molecular flexibility index (Phi) is 4.55. The van der Waals surface area contributed by atoms with Crippen LogP contribution in [0.4, 0.5) is 5.69 Å². The van der Waals surface area contributed by atoms with E-state index in [2.05, 4.69) is 5.32 Å². The fraction of sp³-hybridized carbons (Fsp3) is 0.417. The average molecular weight is 373 g/mol. The standard InChI is InChI=1S/C12H12IN3O3/c13-10-4-8(6-14)5-11(16(17)18)12(10)19-9-2-1-3-15-7-9/h4-5,9,15H,1-3,7H2. The summed E-state index contributed by atoms with van der Waals surface area (Å²) in [5.74, 6) is 0.262. The Hall–Kier alpha value is -1.40. The van der Waals surface area contributed by atoms with E-state index in [1.54, 1.807) is 6.07 Å². The number of nitriles is 1. The van der Waals surface area contributed by atoms with E-state index < -0.39 is 4.92 Å². The molecule has 0 aliphatic carbocycles. The Labute approximate surface area is 124 Å². The predicted molar refractivity (Wildman–Crippen MR) is 77.0 cm³/mol. The fourth-order valence-electron chi connectivity index (χ4n) is 1.98. The second-order valence-electron chi connectivity index (χ2n) is 4.26. The van der Waals surface area contributed by atoms with Gasteiger partial charge in [-0.3, -0.25) is 10.1 Å². The van der Waals surface area contributed by atoms with Gasteiger partial charge in [-0.05, 0) is 48.0 Å². The van der Waals surface area contributed by atoms with E-state index in [1.165, 1.54) is 6.07 Å². The molecule has 6 nitrogen and oxygen atoms in total. The monoisotopic (exact) mass is 373 g/mol. The molecule has 1 atom stereocenters. The summed E-state index contributed by atoms with van der Waals surface area (Å²) in [6, 6.07) is 4.77. The highest BCUT2D eigenvalue weighted by atomic mass is 127. The topological polar surface area (TPSA) is 88.2 Å². The number of nitro groups is 1. The largest absolute Gasteiger partial charge is 0.481 e. The van der Waals surface area contributed by atoms with Crippen LogP contribution in [0.5, 0.6) is 5.75 Å². The highest BCUT2D eigenvalue weighted by Crippen LogP contribution is 2.34. The first-order valence-corrected chi connectivity index (χ1v) is 6.95. The van der Waals surface area contributed by atoms with Gasteiger partial charge in [-0.2, -0.15) is 5.26 Å². The van der Waals surface area contributed by atoms with Gasteiger partial charge < -0.3 is 10.1 Å². The molecule has 2 rings (SSSR count). The number of nitrogens with one attached hydrogen (secondary N) is 1. The molecule has 0 saturated carbocycles. The highest BCUT2D eigenvalue weighted by Gasteiger charge is 2.24. The van der Waals surface area contributed by atoms with Gasteiger partial charge in [0.15, 0.2) is 0 Å². The molecule has 7 heteroatoms. The summed E-state index contributed by atoms with van der Waals surface area (Å²) in [5, 5.41) is 23.1. The van der Waals surface area contributed by atoms with Crippen molar-refractivity contribution in [3.8, 4) is 11.8 Å². The molecular formula is C12H12IN3O3.